The zero-order valence-corrected chi connectivity index (χ0v) is 34.6. The van der Waals surface area contributed by atoms with E-state index in [2.05, 4.69) is 105 Å². The van der Waals surface area contributed by atoms with Crippen LogP contribution in [0.25, 0.3) is 103 Å². The first kappa shape index (κ1) is 32.4. The van der Waals surface area contributed by atoms with E-state index < -0.39 is 0 Å². The molecule has 8 aliphatic carbocycles. The smallest absolute Gasteiger partial charge is 0.193 e. The second kappa shape index (κ2) is 10.6. The van der Waals surface area contributed by atoms with E-state index >= 15 is 0 Å². The van der Waals surface area contributed by atoms with Crippen molar-refractivity contribution < 1.29 is 0 Å². The Morgan fingerprint density at radius 2 is 0.903 bits per heavy atom. The summed E-state index contributed by atoms with van der Waals surface area (Å²) in [5.41, 5.74) is 15.2. The molecule has 4 heterocycles. The fourth-order valence-corrected chi connectivity index (χ4v) is 17.0. The van der Waals surface area contributed by atoms with Crippen LogP contribution in [0.3, 0.4) is 0 Å². The average molecular weight is 795 g/mol. The lowest BCUT2D eigenvalue weighted by molar-refractivity contribution is 0.166. The first-order valence-electron chi connectivity index (χ1n) is 23.7. The second-order valence-corrected chi connectivity index (χ2v) is 21.4. The van der Waals surface area contributed by atoms with Crippen molar-refractivity contribution in [3.05, 3.63) is 124 Å². The zero-order chi connectivity index (χ0) is 40.0. The fraction of sp³-hybridized carbons (Fsp3) is 0.310. The predicted octanol–water partition coefficient (Wildman–Crippen LogP) is 15.5. The van der Waals surface area contributed by atoms with E-state index in [0.29, 0.717) is 23.7 Å². The third-order valence-electron chi connectivity index (χ3n) is 18.6. The highest BCUT2D eigenvalue weighted by Crippen LogP contribution is 2.63. The number of rotatable bonds is 0. The molecule has 4 fully saturated rings. The Kier molecular flexibility index (Phi) is 5.55. The standard InChI is InChI=1S/C58H42N4/c1-60-44-25-48-56(52-36-18-29-11-30(19-36)15-34(14-29)50(44)52)54-39-9-5-3-7-32(39)21-43-41-23-45-40(24-46(41)62(48)58(43)54)42-20-31-6-2-4-8-38(31)53-55-47(61(45)57(42)53)22-37(26-59)49-33-12-27-10-28(13-33)17-35(16-27)51(49)55/h2-9,20-25,27-30,33-36H,10-19H2. The summed E-state index contributed by atoms with van der Waals surface area (Å²) < 4.78 is 5.18. The van der Waals surface area contributed by atoms with Gasteiger partial charge in [0.1, 0.15) is 0 Å². The Bertz CT molecular complexity index is 3740. The molecule has 294 valence electrons. The van der Waals surface area contributed by atoms with Crippen LogP contribution in [0.5, 0.6) is 0 Å². The Hall–Kier alpha value is -6.36. The molecule has 62 heavy (non-hydrogen) atoms. The summed E-state index contributed by atoms with van der Waals surface area (Å²) >= 11 is 0. The highest BCUT2D eigenvalue weighted by molar-refractivity contribution is 6.36. The maximum absolute atomic E-state index is 11.0. The summed E-state index contributed by atoms with van der Waals surface area (Å²) in [5, 5.41) is 27.1. The van der Waals surface area contributed by atoms with Gasteiger partial charge in [-0.15, -0.1) is 0 Å². The lowest BCUT2D eigenvalue weighted by atomic mass is 9.67. The van der Waals surface area contributed by atoms with Gasteiger partial charge in [-0.3, -0.25) is 0 Å². The third kappa shape index (κ3) is 3.58. The Labute approximate surface area is 357 Å². The van der Waals surface area contributed by atoms with Crippen LogP contribution in [0.15, 0.2) is 84.9 Å². The normalized spacial score (nSPS) is 27.3. The highest BCUT2D eigenvalue weighted by Gasteiger charge is 2.46. The second-order valence-electron chi connectivity index (χ2n) is 21.4. The van der Waals surface area contributed by atoms with Crippen molar-refractivity contribution in [3.8, 4) is 6.07 Å². The summed E-state index contributed by atoms with van der Waals surface area (Å²) in [6, 6.07) is 35.6. The summed E-state index contributed by atoms with van der Waals surface area (Å²) in [6.07, 6.45) is 12.8. The molecule has 11 aromatic rings. The van der Waals surface area contributed by atoms with Crippen LogP contribution < -0.4 is 0 Å². The van der Waals surface area contributed by atoms with E-state index in [4.69, 9.17) is 6.57 Å². The monoisotopic (exact) mass is 794 g/mol. The number of fused-ring (bicyclic) bond motifs is 16. The molecule has 0 radical (unpaired) electrons. The minimum absolute atomic E-state index is 0.496. The lowest BCUT2D eigenvalue weighted by Gasteiger charge is -2.38. The van der Waals surface area contributed by atoms with Crippen molar-refractivity contribution in [3.63, 3.8) is 0 Å². The third-order valence-corrected chi connectivity index (χ3v) is 18.6. The van der Waals surface area contributed by atoms with Gasteiger partial charge in [0.25, 0.3) is 0 Å². The first-order chi connectivity index (χ1) is 30.6. The van der Waals surface area contributed by atoms with Crippen LogP contribution in [0.1, 0.15) is 116 Å². The van der Waals surface area contributed by atoms with E-state index in [0.717, 1.165) is 34.9 Å². The number of nitriles is 1. The van der Waals surface area contributed by atoms with Crippen LogP contribution >= 0.6 is 0 Å². The van der Waals surface area contributed by atoms with Gasteiger partial charge in [0.15, 0.2) is 5.69 Å². The average Bonchev–Trinajstić information content (AvgIpc) is 3.93. The van der Waals surface area contributed by atoms with E-state index in [1.165, 1.54) is 184 Å². The van der Waals surface area contributed by atoms with Crippen molar-refractivity contribution >= 4 is 103 Å². The topological polar surface area (TPSA) is 37.0 Å². The summed E-state index contributed by atoms with van der Waals surface area (Å²) in [6.45, 7) is 8.69. The van der Waals surface area contributed by atoms with E-state index in [-0.39, 0.29) is 0 Å². The Balaban J connectivity index is 1.08. The number of hydrogen-bond acceptors (Lipinski definition) is 1. The maximum atomic E-state index is 11.0. The SMILES string of the molecule is [C-]#[N+]c1cc2c(c3c1C1CC4CC(C1)CC3C4)c1c3ccccc3cc3c4cc5c(cc4n2c31)c1cc2ccccc2c2c3c4c(c(C#N)cc3n5c12)C1CC2CC(C1)CC4C2. The van der Waals surface area contributed by atoms with Gasteiger partial charge in [-0.25, -0.2) is 4.85 Å². The minimum atomic E-state index is 0.496. The van der Waals surface area contributed by atoms with Crippen molar-refractivity contribution in [1.82, 2.24) is 8.80 Å². The molecule has 0 saturated heterocycles. The van der Waals surface area contributed by atoms with Crippen molar-refractivity contribution in [2.24, 2.45) is 23.7 Å². The largest absolute Gasteiger partial charge is 0.309 e. The van der Waals surface area contributed by atoms with E-state index in [1.54, 1.807) is 0 Å². The number of nitrogens with zero attached hydrogens (tertiary/aromatic N) is 4. The van der Waals surface area contributed by atoms with E-state index in [1.807, 2.05) is 0 Å². The summed E-state index contributed by atoms with van der Waals surface area (Å²) in [4.78, 5) is 4.41. The highest BCUT2D eigenvalue weighted by atomic mass is 14.9. The number of aromatic nitrogens is 2. The van der Waals surface area contributed by atoms with E-state index in [9.17, 15) is 5.26 Å². The molecule has 7 aromatic carbocycles. The van der Waals surface area contributed by atoms with Gasteiger partial charge in [-0.1, -0.05) is 48.5 Å². The van der Waals surface area contributed by atoms with Crippen molar-refractivity contribution in [2.75, 3.05) is 0 Å². The van der Waals surface area contributed by atoms with Gasteiger partial charge >= 0.3 is 0 Å². The molecule has 4 nitrogen and oxygen atoms in total. The molecule has 4 aromatic heterocycles. The van der Waals surface area contributed by atoms with Gasteiger partial charge < -0.3 is 8.80 Å². The Morgan fingerprint density at radius 1 is 0.452 bits per heavy atom. The molecule has 4 heteroatoms. The van der Waals surface area contributed by atoms with Gasteiger partial charge in [-0.2, -0.15) is 5.26 Å². The molecule has 4 unspecified atom stereocenters. The first-order valence-corrected chi connectivity index (χ1v) is 23.7. The lowest BCUT2D eigenvalue weighted by Crippen LogP contribution is -2.25. The molecule has 0 amide bonds. The molecule has 8 aliphatic rings. The molecule has 4 atom stereocenters. The fourth-order valence-electron chi connectivity index (χ4n) is 17.0. The predicted molar refractivity (Wildman–Crippen MR) is 253 cm³/mol. The molecule has 4 saturated carbocycles. The molecular formula is C58H42N4. The molecule has 0 spiro atoms. The van der Waals surface area contributed by atoms with Crippen LogP contribution in [-0.2, 0) is 0 Å². The van der Waals surface area contributed by atoms with Gasteiger partial charge in [0.2, 0.25) is 0 Å². The zero-order valence-electron chi connectivity index (χ0n) is 34.6. The number of hydrogen-bond donors (Lipinski definition) is 0. The molecule has 0 N–H and O–H groups in total. The van der Waals surface area contributed by atoms with Crippen LogP contribution in [0.4, 0.5) is 5.69 Å². The molecule has 19 rings (SSSR count). The molecular weight excluding hydrogens is 753 g/mol. The van der Waals surface area contributed by atoms with Crippen LogP contribution in [-0.4, -0.2) is 8.80 Å². The van der Waals surface area contributed by atoms with Gasteiger partial charge in [0.05, 0.1) is 45.8 Å². The van der Waals surface area contributed by atoms with Gasteiger partial charge in [-0.05, 0) is 192 Å². The van der Waals surface area contributed by atoms with Crippen LogP contribution in [0.2, 0.25) is 0 Å². The summed E-state index contributed by atoms with van der Waals surface area (Å²) in [5.74, 6) is 5.17. The quantitative estimate of drug-likeness (QED) is 0.141. The van der Waals surface area contributed by atoms with Gasteiger partial charge in [0, 0.05) is 48.6 Å². The van der Waals surface area contributed by atoms with Crippen molar-refractivity contribution in [1.29, 1.82) is 5.26 Å². The maximum Gasteiger partial charge on any atom is 0.193 e. The van der Waals surface area contributed by atoms with Crippen molar-refractivity contribution in [2.45, 2.75) is 87.9 Å². The Morgan fingerprint density at radius 3 is 1.40 bits per heavy atom. The van der Waals surface area contributed by atoms with Crippen LogP contribution in [0, 0.1) is 41.6 Å². The molecule has 8 bridgehead atoms. The summed E-state index contributed by atoms with van der Waals surface area (Å²) in [7, 11) is 0. The minimum Gasteiger partial charge on any atom is -0.309 e. The number of benzene rings is 7. The molecule has 0 aliphatic heterocycles.